The van der Waals surface area contributed by atoms with Gasteiger partial charge < -0.3 is 15.8 Å². The second kappa shape index (κ2) is 4.87. The Balaban J connectivity index is 4.03. The summed E-state index contributed by atoms with van der Waals surface area (Å²) in [5.41, 5.74) is 5.31. The van der Waals surface area contributed by atoms with Crippen LogP contribution in [0.25, 0.3) is 0 Å². The van der Waals surface area contributed by atoms with E-state index < -0.39 is 12.1 Å². The lowest BCUT2D eigenvalue weighted by Gasteiger charge is -2.17. The molecule has 0 rings (SSSR count). The first kappa shape index (κ1) is 11.1. The van der Waals surface area contributed by atoms with Gasteiger partial charge in [0.15, 0.2) is 0 Å². The lowest BCUT2D eigenvalue weighted by atomic mass is 10.1. The third-order valence-electron chi connectivity index (χ3n) is 1.59. The molecule has 0 bridgehead atoms. The highest BCUT2D eigenvalue weighted by Gasteiger charge is 2.16. The van der Waals surface area contributed by atoms with E-state index >= 15 is 0 Å². The average Bonchev–Trinajstić information content (AvgIpc) is 1.98. The molecular formula is C8H16N2O2. The van der Waals surface area contributed by atoms with E-state index in [1.165, 1.54) is 0 Å². The Labute approximate surface area is 72.5 Å². The first-order chi connectivity index (χ1) is 5.49. The SMILES string of the molecule is CC(N)C(=O)NC(C=O)C(C)C. The molecule has 4 heteroatoms. The van der Waals surface area contributed by atoms with E-state index in [1.807, 2.05) is 13.8 Å². The Hall–Kier alpha value is -0.900. The molecule has 0 aliphatic carbocycles. The summed E-state index contributed by atoms with van der Waals surface area (Å²) >= 11 is 0. The predicted molar refractivity (Wildman–Crippen MR) is 46.5 cm³/mol. The van der Waals surface area contributed by atoms with Gasteiger partial charge >= 0.3 is 0 Å². The summed E-state index contributed by atoms with van der Waals surface area (Å²) in [6.45, 7) is 5.30. The minimum Gasteiger partial charge on any atom is -0.345 e. The molecule has 0 aromatic rings. The second-order valence-corrected chi connectivity index (χ2v) is 3.20. The van der Waals surface area contributed by atoms with Crippen molar-refractivity contribution in [1.29, 1.82) is 0 Å². The Morgan fingerprint density at radius 3 is 2.17 bits per heavy atom. The minimum atomic E-state index is -0.564. The zero-order valence-corrected chi connectivity index (χ0v) is 7.70. The Kier molecular flexibility index (Phi) is 4.51. The number of nitrogens with two attached hydrogens (primary N) is 1. The molecule has 1 amide bonds. The zero-order chi connectivity index (χ0) is 9.72. The molecular weight excluding hydrogens is 156 g/mol. The van der Waals surface area contributed by atoms with Crippen molar-refractivity contribution < 1.29 is 9.59 Å². The largest absolute Gasteiger partial charge is 0.345 e. The standard InChI is InChI=1S/C8H16N2O2/c1-5(2)7(4-11)10-8(12)6(3)9/h4-7H,9H2,1-3H3,(H,10,12). The topological polar surface area (TPSA) is 72.2 Å². The molecule has 12 heavy (non-hydrogen) atoms. The van der Waals surface area contributed by atoms with Crippen LogP contribution >= 0.6 is 0 Å². The number of rotatable bonds is 4. The summed E-state index contributed by atoms with van der Waals surface area (Å²) in [5, 5.41) is 2.53. The van der Waals surface area contributed by atoms with E-state index in [0.717, 1.165) is 6.29 Å². The lowest BCUT2D eigenvalue weighted by Crippen LogP contribution is -2.46. The van der Waals surface area contributed by atoms with Crippen molar-refractivity contribution in [2.24, 2.45) is 11.7 Å². The van der Waals surface area contributed by atoms with Crippen LogP contribution in [0.2, 0.25) is 0 Å². The molecule has 0 aliphatic rings. The van der Waals surface area contributed by atoms with Gasteiger partial charge in [0.25, 0.3) is 0 Å². The van der Waals surface area contributed by atoms with Crippen molar-refractivity contribution in [3.63, 3.8) is 0 Å². The number of hydrogen-bond acceptors (Lipinski definition) is 3. The summed E-state index contributed by atoms with van der Waals surface area (Å²) in [6, 6.07) is -0.991. The highest BCUT2D eigenvalue weighted by Crippen LogP contribution is 1.98. The zero-order valence-electron chi connectivity index (χ0n) is 7.70. The van der Waals surface area contributed by atoms with Crippen molar-refractivity contribution in [3.05, 3.63) is 0 Å². The van der Waals surface area contributed by atoms with Gasteiger partial charge in [0.05, 0.1) is 12.1 Å². The van der Waals surface area contributed by atoms with Crippen LogP contribution in [0.3, 0.4) is 0 Å². The molecule has 0 radical (unpaired) electrons. The van der Waals surface area contributed by atoms with Crippen molar-refractivity contribution in [2.75, 3.05) is 0 Å². The maximum absolute atomic E-state index is 11.0. The Morgan fingerprint density at radius 2 is 1.92 bits per heavy atom. The average molecular weight is 172 g/mol. The molecule has 0 aromatic carbocycles. The van der Waals surface area contributed by atoms with Gasteiger partial charge in [0.1, 0.15) is 6.29 Å². The summed E-state index contributed by atoms with van der Waals surface area (Å²) < 4.78 is 0. The molecule has 4 nitrogen and oxygen atoms in total. The number of carbonyl (C=O) groups is 2. The molecule has 2 unspecified atom stereocenters. The maximum atomic E-state index is 11.0. The number of aldehydes is 1. The lowest BCUT2D eigenvalue weighted by molar-refractivity contribution is -0.125. The van der Waals surface area contributed by atoms with Gasteiger partial charge in [-0.15, -0.1) is 0 Å². The molecule has 0 heterocycles. The van der Waals surface area contributed by atoms with Gasteiger partial charge in [0.2, 0.25) is 5.91 Å². The molecule has 0 saturated heterocycles. The Bertz CT molecular complexity index is 166. The van der Waals surface area contributed by atoms with Crippen LogP contribution in [-0.2, 0) is 9.59 Å². The molecule has 0 aliphatic heterocycles. The van der Waals surface area contributed by atoms with Gasteiger partial charge in [-0.2, -0.15) is 0 Å². The smallest absolute Gasteiger partial charge is 0.237 e. The molecule has 0 saturated carbocycles. The van der Waals surface area contributed by atoms with E-state index in [0.29, 0.717) is 0 Å². The molecule has 0 aromatic heterocycles. The third kappa shape index (κ3) is 3.48. The Morgan fingerprint density at radius 1 is 1.42 bits per heavy atom. The first-order valence-electron chi connectivity index (χ1n) is 4.00. The van der Waals surface area contributed by atoms with Crippen LogP contribution < -0.4 is 11.1 Å². The summed E-state index contributed by atoms with van der Waals surface area (Å²) in [4.78, 5) is 21.5. The number of nitrogens with one attached hydrogen (secondary N) is 1. The molecule has 0 spiro atoms. The fourth-order valence-corrected chi connectivity index (χ4v) is 0.654. The quantitative estimate of drug-likeness (QED) is 0.570. The van der Waals surface area contributed by atoms with Crippen LogP contribution in [0.4, 0.5) is 0 Å². The number of amides is 1. The maximum Gasteiger partial charge on any atom is 0.237 e. The van der Waals surface area contributed by atoms with E-state index in [2.05, 4.69) is 5.32 Å². The number of hydrogen-bond donors (Lipinski definition) is 2. The van der Waals surface area contributed by atoms with Crippen LogP contribution in [-0.4, -0.2) is 24.3 Å². The van der Waals surface area contributed by atoms with E-state index in [4.69, 9.17) is 5.73 Å². The molecule has 3 N–H and O–H groups in total. The van der Waals surface area contributed by atoms with Crippen molar-refractivity contribution in [1.82, 2.24) is 5.32 Å². The van der Waals surface area contributed by atoms with Gasteiger partial charge in [-0.05, 0) is 12.8 Å². The summed E-state index contributed by atoms with van der Waals surface area (Å²) in [6.07, 6.45) is 0.727. The summed E-state index contributed by atoms with van der Waals surface area (Å²) in [5.74, 6) is -0.189. The van der Waals surface area contributed by atoms with E-state index in [9.17, 15) is 9.59 Å². The molecule has 2 atom stereocenters. The van der Waals surface area contributed by atoms with Crippen molar-refractivity contribution in [2.45, 2.75) is 32.9 Å². The van der Waals surface area contributed by atoms with Crippen LogP contribution in [0.15, 0.2) is 0 Å². The predicted octanol–water partition coefficient (Wildman–Crippen LogP) is -0.327. The monoisotopic (exact) mass is 172 g/mol. The van der Waals surface area contributed by atoms with Gasteiger partial charge in [-0.1, -0.05) is 13.8 Å². The van der Waals surface area contributed by atoms with E-state index in [-0.39, 0.29) is 11.8 Å². The van der Waals surface area contributed by atoms with Gasteiger partial charge in [0, 0.05) is 0 Å². The molecule has 70 valence electrons. The van der Waals surface area contributed by atoms with Crippen molar-refractivity contribution in [3.8, 4) is 0 Å². The minimum absolute atomic E-state index is 0.102. The third-order valence-corrected chi connectivity index (χ3v) is 1.59. The van der Waals surface area contributed by atoms with Gasteiger partial charge in [-0.25, -0.2) is 0 Å². The van der Waals surface area contributed by atoms with Crippen LogP contribution in [0.5, 0.6) is 0 Å². The normalized spacial score (nSPS) is 15.4. The van der Waals surface area contributed by atoms with Crippen molar-refractivity contribution >= 4 is 12.2 Å². The highest BCUT2D eigenvalue weighted by atomic mass is 16.2. The number of carbonyl (C=O) groups excluding carboxylic acids is 2. The van der Waals surface area contributed by atoms with Crippen LogP contribution in [0.1, 0.15) is 20.8 Å². The molecule has 0 fully saturated rings. The van der Waals surface area contributed by atoms with Crippen LogP contribution in [0, 0.1) is 5.92 Å². The van der Waals surface area contributed by atoms with E-state index in [1.54, 1.807) is 6.92 Å². The summed E-state index contributed by atoms with van der Waals surface area (Å²) in [7, 11) is 0. The fraction of sp³-hybridized carbons (Fsp3) is 0.750. The second-order valence-electron chi connectivity index (χ2n) is 3.20. The highest BCUT2D eigenvalue weighted by molar-refractivity contribution is 5.83. The fourth-order valence-electron chi connectivity index (χ4n) is 0.654. The van der Waals surface area contributed by atoms with Gasteiger partial charge in [-0.3, -0.25) is 4.79 Å². The first-order valence-corrected chi connectivity index (χ1v) is 4.00.